The van der Waals surface area contributed by atoms with Crippen LogP contribution in [0.2, 0.25) is 0 Å². The number of carbonyl (C=O) groups excluding carboxylic acids is 8. The number of rotatable bonds is 36. The zero-order valence-electron chi connectivity index (χ0n) is 58.6. The van der Waals surface area contributed by atoms with Gasteiger partial charge in [-0.05, 0) is 175 Å². The Morgan fingerprint density at radius 1 is 0.250 bits per heavy atom. The summed E-state index contributed by atoms with van der Waals surface area (Å²) in [4.78, 5) is 121. The highest BCUT2D eigenvalue weighted by molar-refractivity contribution is 6.01. The van der Waals surface area contributed by atoms with Crippen LogP contribution in [0.3, 0.4) is 0 Å². The van der Waals surface area contributed by atoms with Crippen molar-refractivity contribution in [3.05, 3.63) is 120 Å². The average molecular weight is 1430 g/mol. The average Bonchev–Trinajstić information content (AvgIpc) is 1.61. The lowest BCUT2D eigenvalue weighted by Crippen LogP contribution is -2.17. The highest BCUT2D eigenvalue weighted by atomic mass is 16.6. The summed E-state index contributed by atoms with van der Waals surface area (Å²) in [6, 6.07) is 26.9. The molecule has 5 heterocycles. The van der Waals surface area contributed by atoms with Gasteiger partial charge < -0.3 is 85.8 Å². The van der Waals surface area contributed by atoms with Gasteiger partial charge in [-0.3, -0.25) is 0 Å². The second-order valence-corrected chi connectivity index (χ2v) is 21.9. The molecule has 0 radical (unpaired) electrons. The molecule has 0 saturated carbocycles. The van der Waals surface area contributed by atoms with Gasteiger partial charge in [-0.25, -0.2) is 48.3 Å². The Bertz CT molecular complexity index is 3990. The van der Waals surface area contributed by atoms with Crippen molar-refractivity contribution in [3.8, 4) is 90.5 Å². The number of esters is 8. The molecule has 4 aromatic carbocycles. The molecule has 0 saturated heterocycles. The first-order valence-corrected chi connectivity index (χ1v) is 33.5. The number of benzene rings is 4. The highest BCUT2D eigenvalue weighted by Crippen LogP contribution is 2.44. The van der Waals surface area contributed by atoms with Crippen molar-refractivity contribution in [1.29, 1.82) is 0 Å². The van der Waals surface area contributed by atoms with E-state index < -0.39 is 101 Å². The molecule has 104 heavy (non-hydrogen) atoms. The predicted octanol–water partition coefficient (Wildman–Crippen LogP) is 10.9. The Morgan fingerprint density at radius 3 is 0.596 bits per heavy atom. The number of nitrogens with one attached hydrogen (secondary N) is 2. The van der Waals surface area contributed by atoms with Crippen LogP contribution >= 0.6 is 0 Å². The predicted molar refractivity (Wildman–Crippen MR) is 378 cm³/mol. The topological polar surface area (TPSA) is 342 Å². The number of hydrogen-bond donors (Lipinski definition) is 2. The van der Waals surface area contributed by atoms with Crippen molar-refractivity contribution < 1.29 is 114 Å². The van der Waals surface area contributed by atoms with Gasteiger partial charge in [-0.15, -0.1) is 0 Å². The van der Waals surface area contributed by atoms with E-state index in [1.54, 1.807) is 152 Å². The van der Waals surface area contributed by atoms with Crippen LogP contribution in [-0.2, 0) is 76.3 Å². The fourth-order valence-electron chi connectivity index (χ4n) is 10.7. The quantitative estimate of drug-likeness (QED) is 0.0272. The molecule has 8 bridgehead atoms. The third-order valence-corrected chi connectivity index (χ3v) is 14.9. The van der Waals surface area contributed by atoms with Crippen LogP contribution in [-0.4, -0.2) is 173 Å². The number of fused-ring (bicyclic) bond motifs is 8. The van der Waals surface area contributed by atoms with Gasteiger partial charge in [-0.2, -0.15) is 0 Å². The molecule has 9 rings (SSSR count). The van der Waals surface area contributed by atoms with E-state index in [1.165, 1.54) is 0 Å². The van der Waals surface area contributed by atoms with Gasteiger partial charge in [0.25, 0.3) is 0 Å². The van der Waals surface area contributed by atoms with Crippen LogP contribution in [0.1, 0.15) is 78.2 Å². The fraction of sp³-hybridized carbons (Fsp3) is 0.316. The summed E-state index contributed by atoms with van der Waals surface area (Å²) in [6.45, 7) is 9.70. The van der Waals surface area contributed by atoms with Crippen molar-refractivity contribution in [2.75, 3.05) is 106 Å². The number of carbonyl (C=O) groups is 8. The summed E-state index contributed by atoms with van der Waals surface area (Å²) in [6.07, 6.45) is 7.13. The summed E-state index contributed by atoms with van der Waals surface area (Å²) < 4.78 is 90.0. The lowest BCUT2D eigenvalue weighted by atomic mass is 10.0. The maximum Gasteiger partial charge on any atom is 0.344 e. The molecule has 2 aliphatic heterocycles. The molecule has 0 atom stereocenters. The third kappa shape index (κ3) is 20.0. The summed E-state index contributed by atoms with van der Waals surface area (Å²) in [5.41, 5.74) is 6.78. The monoisotopic (exact) mass is 1430 g/mol. The van der Waals surface area contributed by atoms with E-state index >= 15 is 0 Å². The molecule has 2 aliphatic rings. The number of ether oxygens (including phenoxy) is 16. The molecule has 0 spiro atoms. The van der Waals surface area contributed by atoms with E-state index in [-0.39, 0.29) is 98.9 Å². The molecule has 28 heteroatoms. The zero-order chi connectivity index (χ0) is 74.1. The Balaban J connectivity index is 1.41. The molecule has 3 aromatic heterocycles. The maximum atomic E-state index is 13.0. The van der Waals surface area contributed by atoms with Crippen LogP contribution < -0.4 is 37.9 Å². The molecule has 0 amide bonds. The van der Waals surface area contributed by atoms with Crippen LogP contribution in [0, 0.1) is 0 Å². The normalized spacial score (nSPS) is 11.2. The minimum atomic E-state index is -0.684. The van der Waals surface area contributed by atoms with Gasteiger partial charge in [0.1, 0.15) is 0 Å². The number of aromatic amines is 2. The van der Waals surface area contributed by atoms with E-state index in [0.29, 0.717) is 89.4 Å². The molecule has 546 valence electrons. The number of H-pyrrole nitrogens is 2. The SMILES string of the molecule is CCOC(=O)COc1ccc(-c2c3nc(c(-c4ccc(OCC(=O)OCC)c(OCC(=O)OCC)c4)c4ccc([nH]4)c(-c4ccc(OCC(=O)OCC)c(OCC(=O)OCC)c4)c4nc(c(-c5ccc(OCC(=O)OCC)c(OCC(=O)OCC)c5)c5ccc2[nH]5)C=C4)C=C3)cc1OCC(=O)OCC. The van der Waals surface area contributed by atoms with Crippen molar-refractivity contribution >= 4 is 94.1 Å². The van der Waals surface area contributed by atoms with Gasteiger partial charge in [0, 0.05) is 44.3 Å². The van der Waals surface area contributed by atoms with E-state index in [1.807, 2.05) is 24.3 Å². The number of aromatic nitrogens is 4. The Morgan fingerprint density at radius 2 is 0.423 bits per heavy atom. The van der Waals surface area contributed by atoms with Crippen molar-refractivity contribution in [3.63, 3.8) is 0 Å². The fourth-order valence-corrected chi connectivity index (χ4v) is 10.7. The number of hydrogen-bond acceptors (Lipinski definition) is 26. The number of nitrogens with zero attached hydrogens (tertiary/aromatic N) is 2. The van der Waals surface area contributed by atoms with Gasteiger partial charge in [-0.1, -0.05) is 24.3 Å². The Labute approximate surface area is 597 Å². The Kier molecular flexibility index (Phi) is 27.2. The van der Waals surface area contributed by atoms with E-state index in [2.05, 4.69) is 9.97 Å². The van der Waals surface area contributed by atoms with Crippen LogP contribution in [0.25, 0.3) is 90.9 Å². The van der Waals surface area contributed by atoms with Crippen LogP contribution in [0.5, 0.6) is 46.0 Å². The summed E-state index contributed by atoms with van der Waals surface area (Å²) >= 11 is 0. The first kappa shape index (κ1) is 75.8. The highest BCUT2D eigenvalue weighted by Gasteiger charge is 2.25. The lowest BCUT2D eigenvalue weighted by molar-refractivity contribution is -0.146. The van der Waals surface area contributed by atoms with Gasteiger partial charge >= 0.3 is 47.8 Å². The molecular weight excluding hydrogens is 1350 g/mol. The summed E-state index contributed by atoms with van der Waals surface area (Å²) in [5, 5.41) is 0. The minimum absolute atomic E-state index is 0.0368. The first-order valence-electron chi connectivity index (χ1n) is 33.5. The third-order valence-electron chi connectivity index (χ3n) is 14.9. The van der Waals surface area contributed by atoms with E-state index in [4.69, 9.17) is 85.8 Å². The van der Waals surface area contributed by atoms with Crippen molar-refractivity contribution in [1.82, 2.24) is 19.9 Å². The molecule has 0 fully saturated rings. The summed E-state index contributed by atoms with van der Waals surface area (Å²) in [5.74, 6) is -4.90. The minimum Gasteiger partial charge on any atom is -0.478 e. The molecule has 7 aromatic rings. The van der Waals surface area contributed by atoms with E-state index in [0.717, 1.165) is 0 Å². The van der Waals surface area contributed by atoms with Gasteiger partial charge in [0.2, 0.25) is 0 Å². The zero-order valence-corrected chi connectivity index (χ0v) is 58.6. The second kappa shape index (κ2) is 37.4. The van der Waals surface area contributed by atoms with Crippen molar-refractivity contribution in [2.45, 2.75) is 55.4 Å². The molecule has 0 aliphatic carbocycles. The van der Waals surface area contributed by atoms with Crippen molar-refractivity contribution in [2.24, 2.45) is 0 Å². The van der Waals surface area contributed by atoms with Crippen LogP contribution in [0.15, 0.2) is 97.1 Å². The van der Waals surface area contributed by atoms with Crippen LogP contribution in [0.4, 0.5) is 0 Å². The molecule has 0 unspecified atom stereocenters. The standard InChI is InChI=1S/C76H78N4O24/c1-9-89-65(81)37-97-57-29-17-45(33-61(57)101-41-69(85)93-13-5)73-49-21-23-51(77-49)74(46-18-30-58(98-38-66(82)90-10-2)62(34-46)102-42-70(86)94-14-6)53-25-27-55(79-53)76(48-20-32-60(100-40-68(84)92-12-4)64(36-48)104-44-72(88)96-16-8)56-28-26-54(80-56)75(52-24-22-50(73)78-52)47-19-31-59(99-39-67(83)91-11-3)63(35-47)103-43-71(87)95-15-7/h17-36,77,80H,9-16,37-44H2,1-8H3. The Hall–Kier alpha value is -12.4. The molecule has 28 nitrogen and oxygen atoms in total. The molecule has 2 N–H and O–H groups in total. The first-order chi connectivity index (χ1) is 50.5. The largest absolute Gasteiger partial charge is 0.478 e. The van der Waals surface area contributed by atoms with E-state index in [9.17, 15) is 38.4 Å². The van der Waals surface area contributed by atoms with Gasteiger partial charge in [0.05, 0.1) is 75.6 Å². The molecular formula is C76H78N4O24. The smallest absolute Gasteiger partial charge is 0.344 e. The van der Waals surface area contributed by atoms with Gasteiger partial charge in [0.15, 0.2) is 98.9 Å². The summed E-state index contributed by atoms with van der Waals surface area (Å²) in [7, 11) is 0. The maximum absolute atomic E-state index is 13.0. The second-order valence-electron chi connectivity index (χ2n) is 21.9. The lowest BCUT2D eigenvalue weighted by Gasteiger charge is -2.15.